The third-order valence-electron chi connectivity index (χ3n) is 4.30. The number of fused-ring (bicyclic) bond motifs is 1. The standard InChI is InChI=1S/C21H17ClN2O4S2/c1-27-16-8-6-15(7-9-16)24-30(25,26)17-10-11-20-19(12-17)23-21(28-20)29-13-14-4-2-3-5-18(14)22/h2-12,24H,13H2,1H3. The Morgan fingerprint density at radius 3 is 2.60 bits per heavy atom. The van der Waals surface area contributed by atoms with Gasteiger partial charge in [-0.3, -0.25) is 4.72 Å². The Labute approximate surface area is 183 Å². The van der Waals surface area contributed by atoms with Crippen LogP contribution in [0.4, 0.5) is 5.69 Å². The molecule has 0 radical (unpaired) electrons. The van der Waals surface area contributed by atoms with Crippen molar-refractivity contribution in [1.29, 1.82) is 0 Å². The predicted octanol–water partition coefficient (Wildman–Crippen LogP) is 5.58. The van der Waals surface area contributed by atoms with E-state index in [9.17, 15) is 8.42 Å². The van der Waals surface area contributed by atoms with Crippen molar-refractivity contribution in [1.82, 2.24) is 4.98 Å². The maximum atomic E-state index is 12.7. The largest absolute Gasteiger partial charge is 0.497 e. The summed E-state index contributed by atoms with van der Waals surface area (Å²) >= 11 is 7.57. The smallest absolute Gasteiger partial charge is 0.261 e. The van der Waals surface area contributed by atoms with E-state index in [0.717, 1.165) is 5.56 Å². The van der Waals surface area contributed by atoms with E-state index in [1.54, 1.807) is 37.4 Å². The molecule has 154 valence electrons. The number of hydrogen-bond acceptors (Lipinski definition) is 6. The van der Waals surface area contributed by atoms with Crippen LogP contribution >= 0.6 is 23.4 Å². The maximum absolute atomic E-state index is 12.7. The summed E-state index contributed by atoms with van der Waals surface area (Å²) < 4.78 is 38.8. The monoisotopic (exact) mass is 460 g/mol. The second kappa shape index (κ2) is 8.59. The molecule has 1 aromatic heterocycles. The lowest BCUT2D eigenvalue weighted by molar-refractivity contribution is 0.415. The first kappa shape index (κ1) is 20.6. The van der Waals surface area contributed by atoms with E-state index in [4.69, 9.17) is 20.8 Å². The average molecular weight is 461 g/mol. The van der Waals surface area contributed by atoms with Crippen molar-refractivity contribution in [2.45, 2.75) is 15.9 Å². The molecule has 0 amide bonds. The zero-order chi connectivity index (χ0) is 21.1. The molecule has 4 rings (SSSR count). The Morgan fingerprint density at radius 1 is 1.10 bits per heavy atom. The molecule has 1 heterocycles. The molecule has 0 saturated heterocycles. The van der Waals surface area contributed by atoms with Crippen molar-refractivity contribution in [2.24, 2.45) is 0 Å². The van der Waals surface area contributed by atoms with E-state index in [0.29, 0.717) is 38.5 Å². The molecule has 9 heteroatoms. The highest BCUT2D eigenvalue weighted by atomic mass is 35.5. The minimum absolute atomic E-state index is 0.0989. The second-order valence-corrected chi connectivity index (χ2v) is 9.34. The Balaban J connectivity index is 1.53. The van der Waals surface area contributed by atoms with Crippen LogP contribution in [0, 0.1) is 0 Å². The van der Waals surface area contributed by atoms with Crippen LogP contribution in [-0.2, 0) is 15.8 Å². The van der Waals surface area contributed by atoms with Gasteiger partial charge in [-0.05, 0) is 54.1 Å². The molecule has 0 saturated carbocycles. The molecule has 1 N–H and O–H groups in total. The van der Waals surface area contributed by atoms with E-state index in [2.05, 4.69) is 9.71 Å². The number of halogens is 1. The first-order valence-corrected chi connectivity index (χ1v) is 11.7. The molecule has 0 bridgehead atoms. The molecule has 30 heavy (non-hydrogen) atoms. The van der Waals surface area contributed by atoms with Gasteiger partial charge in [0.25, 0.3) is 15.2 Å². The van der Waals surface area contributed by atoms with Gasteiger partial charge in [-0.25, -0.2) is 13.4 Å². The van der Waals surface area contributed by atoms with E-state index in [1.165, 1.54) is 23.9 Å². The van der Waals surface area contributed by atoms with Gasteiger partial charge in [0.05, 0.1) is 12.0 Å². The molecule has 4 aromatic rings. The summed E-state index contributed by atoms with van der Waals surface area (Å²) in [5.74, 6) is 1.24. The van der Waals surface area contributed by atoms with Crippen LogP contribution in [0.15, 0.2) is 81.3 Å². The first-order chi connectivity index (χ1) is 14.4. The van der Waals surface area contributed by atoms with Crippen LogP contribution in [0.3, 0.4) is 0 Å². The molecule has 0 spiro atoms. The number of aromatic nitrogens is 1. The van der Waals surface area contributed by atoms with Crippen LogP contribution < -0.4 is 9.46 Å². The third kappa shape index (κ3) is 4.56. The molecular weight excluding hydrogens is 444 g/mol. The van der Waals surface area contributed by atoms with Crippen molar-refractivity contribution in [3.8, 4) is 5.75 Å². The number of nitrogens with one attached hydrogen (secondary N) is 1. The number of anilines is 1. The van der Waals surface area contributed by atoms with Crippen LogP contribution in [0.1, 0.15) is 5.56 Å². The summed E-state index contributed by atoms with van der Waals surface area (Å²) in [6.07, 6.45) is 0. The average Bonchev–Trinajstić information content (AvgIpc) is 3.15. The van der Waals surface area contributed by atoms with Gasteiger partial charge in [-0.15, -0.1) is 0 Å². The van der Waals surface area contributed by atoms with Crippen LogP contribution in [0.5, 0.6) is 5.75 Å². The highest BCUT2D eigenvalue weighted by molar-refractivity contribution is 7.98. The molecule has 0 aliphatic carbocycles. The minimum Gasteiger partial charge on any atom is -0.497 e. The fraction of sp³-hybridized carbons (Fsp3) is 0.0952. The van der Waals surface area contributed by atoms with Gasteiger partial charge in [-0.2, -0.15) is 0 Å². The molecule has 0 aliphatic heterocycles. The van der Waals surface area contributed by atoms with Crippen LogP contribution in [-0.4, -0.2) is 20.5 Å². The number of thioether (sulfide) groups is 1. The molecule has 0 atom stereocenters. The highest BCUT2D eigenvalue weighted by Gasteiger charge is 2.17. The second-order valence-electron chi connectivity index (χ2n) is 6.32. The zero-order valence-electron chi connectivity index (χ0n) is 15.8. The van der Waals surface area contributed by atoms with E-state index >= 15 is 0 Å². The number of rotatable bonds is 7. The Hall–Kier alpha value is -2.68. The Morgan fingerprint density at radius 2 is 1.87 bits per heavy atom. The Bertz CT molecular complexity index is 1290. The van der Waals surface area contributed by atoms with Gasteiger partial charge in [0.15, 0.2) is 5.58 Å². The summed E-state index contributed by atoms with van der Waals surface area (Å²) in [5.41, 5.74) is 2.39. The van der Waals surface area contributed by atoms with Gasteiger partial charge in [0.2, 0.25) is 0 Å². The quantitative estimate of drug-likeness (QED) is 0.362. The van der Waals surface area contributed by atoms with E-state index < -0.39 is 10.0 Å². The fourth-order valence-corrected chi connectivity index (χ4v) is 4.95. The van der Waals surface area contributed by atoms with Crippen molar-refractivity contribution < 1.29 is 17.6 Å². The van der Waals surface area contributed by atoms with Crippen molar-refractivity contribution in [2.75, 3.05) is 11.8 Å². The fourth-order valence-electron chi connectivity index (χ4n) is 2.74. The summed E-state index contributed by atoms with van der Waals surface area (Å²) in [6, 6.07) is 18.8. The highest BCUT2D eigenvalue weighted by Crippen LogP contribution is 2.30. The summed E-state index contributed by atoms with van der Waals surface area (Å²) in [5, 5.41) is 1.13. The van der Waals surface area contributed by atoms with Gasteiger partial charge >= 0.3 is 0 Å². The van der Waals surface area contributed by atoms with Gasteiger partial charge in [0, 0.05) is 16.5 Å². The molecule has 3 aromatic carbocycles. The van der Waals surface area contributed by atoms with Crippen molar-refractivity contribution in [3.63, 3.8) is 0 Å². The van der Waals surface area contributed by atoms with Crippen molar-refractivity contribution in [3.05, 3.63) is 77.3 Å². The van der Waals surface area contributed by atoms with Gasteiger partial charge in [-0.1, -0.05) is 41.6 Å². The molecule has 0 aliphatic rings. The number of benzene rings is 3. The number of nitrogens with zero attached hydrogens (tertiary/aromatic N) is 1. The lowest BCUT2D eigenvalue weighted by Gasteiger charge is -2.08. The normalized spacial score (nSPS) is 11.5. The predicted molar refractivity (Wildman–Crippen MR) is 119 cm³/mol. The summed E-state index contributed by atoms with van der Waals surface area (Å²) in [7, 11) is -2.22. The molecular formula is C21H17ClN2O4S2. The molecule has 0 fully saturated rings. The first-order valence-electron chi connectivity index (χ1n) is 8.88. The number of ether oxygens (including phenoxy) is 1. The number of oxazole rings is 1. The van der Waals surface area contributed by atoms with Crippen LogP contribution in [0.2, 0.25) is 5.02 Å². The van der Waals surface area contributed by atoms with E-state index in [1.807, 2.05) is 24.3 Å². The zero-order valence-corrected chi connectivity index (χ0v) is 18.2. The van der Waals surface area contributed by atoms with Gasteiger partial charge in [0.1, 0.15) is 11.3 Å². The van der Waals surface area contributed by atoms with E-state index in [-0.39, 0.29) is 4.90 Å². The van der Waals surface area contributed by atoms with Crippen LogP contribution in [0.25, 0.3) is 11.1 Å². The number of methoxy groups -OCH3 is 1. The Kier molecular flexibility index (Phi) is 5.90. The topological polar surface area (TPSA) is 81.4 Å². The number of hydrogen-bond donors (Lipinski definition) is 1. The minimum atomic E-state index is -3.77. The summed E-state index contributed by atoms with van der Waals surface area (Å²) in [6.45, 7) is 0. The van der Waals surface area contributed by atoms with Gasteiger partial charge < -0.3 is 9.15 Å². The molecule has 6 nitrogen and oxygen atoms in total. The van der Waals surface area contributed by atoms with Crippen molar-refractivity contribution >= 4 is 50.2 Å². The summed E-state index contributed by atoms with van der Waals surface area (Å²) in [4.78, 5) is 4.50. The lowest BCUT2D eigenvalue weighted by Crippen LogP contribution is -2.12. The molecule has 0 unspecified atom stereocenters. The SMILES string of the molecule is COc1ccc(NS(=O)(=O)c2ccc3oc(SCc4ccccc4Cl)nc3c2)cc1. The number of sulfonamides is 1. The lowest BCUT2D eigenvalue weighted by atomic mass is 10.2. The third-order valence-corrected chi connectivity index (χ3v) is 6.93. The maximum Gasteiger partial charge on any atom is 0.261 e.